The van der Waals surface area contributed by atoms with Crippen molar-refractivity contribution in [3.8, 4) is 5.75 Å². The summed E-state index contributed by atoms with van der Waals surface area (Å²) in [6, 6.07) is 10.1. The zero-order valence-corrected chi connectivity index (χ0v) is 13.9. The largest absolute Gasteiger partial charge is 0.384 e. The minimum atomic E-state index is -3.76. The Kier molecular flexibility index (Phi) is 5.20. The Balaban J connectivity index is 2.09. The van der Waals surface area contributed by atoms with Crippen LogP contribution in [0.15, 0.2) is 44.4 Å². The highest BCUT2D eigenvalue weighted by molar-refractivity contribution is 9.11. The van der Waals surface area contributed by atoms with Crippen molar-refractivity contribution in [2.45, 2.75) is 10.6 Å². The lowest BCUT2D eigenvalue weighted by Crippen LogP contribution is -2.07. The van der Waals surface area contributed by atoms with E-state index in [9.17, 15) is 8.42 Å². The number of methoxy groups -OCH3 is 1. The van der Waals surface area contributed by atoms with Gasteiger partial charge in [-0.2, -0.15) is 8.42 Å². The maximum Gasteiger partial charge on any atom is 0.348 e. The third-order valence-electron chi connectivity index (χ3n) is 2.52. The summed E-state index contributed by atoms with van der Waals surface area (Å²) in [6.45, 7) is 0.627. The number of halogens is 1. The van der Waals surface area contributed by atoms with Gasteiger partial charge in [-0.3, -0.25) is 0 Å². The Labute approximate surface area is 130 Å². The fourth-order valence-electron chi connectivity index (χ4n) is 1.53. The first-order valence-corrected chi connectivity index (χ1v) is 8.81. The van der Waals surface area contributed by atoms with Crippen LogP contribution in [0.2, 0.25) is 0 Å². The molecule has 108 valence electrons. The summed E-state index contributed by atoms with van der Waals surface area (Å²) >= 11 is 4.35. The molecule has 1 aromatic heterocycles. The molecule has 0 aliphatic rings. The van der Waals surface area contributed by atoms with Crippen LogP contribution < -0.4 is 4.18 Å². The monoisotopic (exact) mass is 376 g/mol. The number of thiophene rings is 1. The van der Waals surface area contributed by atoms with E-state index >= 15 is 0 Å². The summed E-state index contributed by atoms with van der Waals surface area (Å²) < 4.78 is 35.0. The van der Waals surface area contributed by atoms with E-state index in [1.54, 1.807) is 25.3 Å². The van der Waals surface area contributed by atoms with Gasteiger partial charge in [-0.1, -0.05) is 12.1 Å². The molecule has 1 heterocycles. The van der Waals surface area contributed by atoms with Gasteiger partial charge in [0.15, 0.2) is 4.21 Å². The topological polar surface area (TPSA) is 52.6 Å². The lowest BCUT2D eigenvalue weighted by atomic mass is 10.1. The van der Waals surface area contributed by atoms with E-state index in [0.29, 0.717) is 12.4 Å². The minimum absolute atomic E-state index is 0.174. The van der Waals surface area contributed by atoms with Crippen molar-refractivity contribution < 1.29 is 17.3 Å². The molecule has 7 heteroatoms. The highest BCUT2D eigenvalue weighted by Crippen LogP contribution is 2.28. The van der Waals surface area contributed by atoms with Crippen LogP contribution in [0, 0.1) is 0 Å². The fourth-order valence-corrected chi connectivity index (χ4v) is 4.43. The minimum Gasteiger partial charge on any atom is -0.384 e. The molecule has 0 N–H and O–H groups in total. The molecule has 0 fully saturated rings. The molecule has 0 saturated heterocycles. The summed E-state index contributed by atoms with van der Waals surface area (Å²) in [4.78, 5) is 0. The van der Waals surface area contributed by atoms with E-state index in [0.717, 1.165) is 27.1 Å². The standard InChI is InChI=1S/C13H13BrO4S2/c1-17-9-8-10-2-4-11(5-3-10)18-20(15,16)13-7-6-12(14)19-13/h2-7H,8-9H2,1H3. The first-order chi connectivity index (χ1) is 9.51. The first-order valence-electron chi connectivity index (χ1n) is 5.79. The molecule has 0 bridgehead atoms. The Morgan fingerprint density at radius 1 is 1.15 bits per heavy atom. The van der Waals surface area contributed by atoms with Gasteiger partial charge in [-0.25, -0.2) is 0 Å². The van der Waals surface area contributed by atoms with E-state index in [-0.39, 0.29) is 4.21 Å². The quantitative estimate of drug-likeness (QED) is 0.724. The van der Waals surface area contributed by atoms with E-state index in [2.05, 4.69) is 15.9 Å². The average molecular weight is 377 g/mol. The smallest absolute Gasteiger partial charge is 0.348 e. The molecule has 0 radical (unpaired) electrons. The van der Waals surface area contributed by atoms with Crippen LogP contribution in [0.1, 0.15) is 5.56 Å². The van der Waals surface area contributed by atoms with E-state index in [4.69, 9.17) is 8.92 Å². The summed E-state index contributed by atoms with van der Waals surface area (Å²) in [5.74, 6) is 0.302. The molecule has 20 heavy (non-hydrogen) atoms. The lowest BCUT2D eigenvalue weighted by molar-refractivity contribution is 0.202. The van der Waals surface area contributed by atoms with Crippen molar-refractivity contribution in [3.63, 3.8) is 0 Å². The van der Waals surface area contributed by atoms with Crippen LogP contribution in [0.4, 0.5) is 0 Å². The Morgan fingerprint density at radius 2 is 1.85 bits per heavy atom. The Hall–Kier alpha value is -0.890. The molecule has 0 spiro atoms. The van der Waals surface area contributed by atoms with Gasteiger partial charge in [0.1, 0.15) is 5.75 Å². The summed E-state index contributed by atoms with van der Waals surface area (Å²) in [6.07, 6.45) is 0.779. The van der Waals surface area contributed by atoms with Crippen molar-refractivity contribution in [3.05, 3.63) is 45.7 Å². The van der Waals surface area contributed by atoms with E-state index < -0.39 is 10.1 Å². The van der Waals surface area contributed by atoms with Crippen LogP contribution in [-0.2, 0) is 21.3 Å². The molecule has 0 saturated carbocycles. The molecule has 0 aliphatic carbocycles. The number of hydrogen-bond donors (Lipinski definition) is 0. The number of rotatable bonds is 6. The third-order valence-corrected chi connectivity index (χ3v) is 5.84. The summed E-state index contributed by atoms with van der Waals surface area (Å²) in [7, 11) is -2.12. The SMILES string of the molecule is COCCc1ccc(OS(=O)(=O)c2ccc(Br)s2)cc1. The van der Waals surface area contributed by atoms with Gasteiger partial charge in [0.05, 0.1) is 10.4 Å². The number of ether oxygens (including phenoxy) is 1. The molecule has 0 atom stereocenters. The normalized spacial score (nSPS) is 11.5. The zero-order valence-electron chi connectivity index (χ0n) is 10.7. The van der Waals surface area contributed by atoms with Crippen molar-refractivity contribution >= 4 is 37.4 Å². The Morgan fingerprint density at radius 3 is 2.40 bits per heavy atom. The average Bonchev–Trinajstić information content (AvgIpc) is 2.85. The molecule has 0 amide bonds. The molecule has 2 rings (SSSR count). The molecule has 4 nitrogen and oxygen atoms in total. The fraction of sp³-hybridized carbons (Fsp3) is 0.231. The predicted molar refractivity (Wildman–Crippen MR) is 81.9 cm³/mol. The second-order valence-corrected chi connectivity index (χ2v) is 8.22. The van der Waals surface area contributed by atoms with Gasteiger partial charge >= 0.3 is 10.1 Å². The van der Waals surface area contributed by atoms with Crippen LogP contribution in [0.5, 0.6) is 5.75 Å². The van der Waals surface area contributed by atoms with Gasteiger partial charge in [0, 0.05) is 7.11 Å². The Bertz CT molecular complexity index is 662. The number of hydrogen-bond acceptors (Lipinski definition) is 5. The second-order valence-electron chi connectivity index (χ2n) is 3.98. The van der Waals surface area contributed by atoms with E-state index in [1.165, 1.54) is 6.07 Å². The van der Waals surface area contributed by atoms with Gasteiger partial charge in [-0.15, -0.1) is 11.3 Å². The van der Waals surface area contributed by atoms with Gasteiger partial charge < -0.3 is 8.92 Å². The maximum absolute atomic E-state index is 12.0. The first kappa shape index (κ1) is 15.5. The summed E-state index contributed by atoms with van der Waals surface area (Å²) in [5.41, 5.74) is 1.07. The van der Waals surface area contributed by atoms with Crippen LogP contribution >= 0.6 is 27.3 Å². The third kappa shape index (κ3) is 4.05. The highest BCUT2D eigenvalue weighted by Gasteiger charge is 2.18. The predicted octanol–water partition coefficient (Wildman–Crippen LogP) is 3.47. The van der Waals surface area contributed by atoms with Crippen molar-refractivity contribution in [1.29, 1.82) is 0 Å². The maximum atomic E-state index is 12.0. The highest BCUT2D eigenvalue weighted by atomic mass is 79.9. The van der Waals surface area contributed by atoms with Crippen molar-refractivity contribution in [1.82, 2.24) is 0 Å². The molecule has 1 aromatic carbocycles. The van der Waals surface area contributed by atoms with Gasteiger partial charge in [0.25, 0.3) is 0 Å². The molecular weight excluding hydrogens is 364 g/mol. The molecule has 0 aliphatic heterocycles. The zero-order chi connectivity index (χ0) is 14.6. The molecular formula is C13H13BrO4S2. The molecule has 2 aromatic rings. The molecule has 0 unspecified atom stereocenters. The van der Waals surface area contributed by atoms with Gasteiger partial charge in [0.2, 0.25) is 0 Å². The lowest BCUT2D eigenvalue weighted by Gasteiger charge is -2.06. The number of benzene rings is 1. The summed E-state index contributed by atoms with van der Waals surface area (Å²) in [5, 5.41) is 0. The second kappa shape index (κ2) is 6.71. The van der Waals surface area contributed by atoms with Gasteiger partial charge in [-0.05, 0) is 52.2 Å². The van der Waals surface area contributed by atoms with Crippen LogP contribution in [0.25, 0.3) is 0 Å². The van der Waals surface area contributed by atoms with Crippen LogP contribution in [0.3, 0.4) is 0 Å². The van der Waals surface area contributed by atoms with Crippen molar-refractivity contribution in [2.24, 2.45) is 0 Å². The van der Waals surface area contributed by atoms with Crippen LogP contribution in [-0.4, -0.2) is 22.1 Å². The van der Waals surface area contributed by atoms with E-state index in [1.807, 2.05) is 12.1 Å². The van der Waals surface area contributed by atoms with Crippen molar-refractivity contribution in [2.75, 3.05) is 13.7 Å².